The first kappa shape index (κ1) is 17.2. The Morgan fingerprint density at radius 3 is 2.08 bits per heavy atom. The molecule has 132 valence electrons. The van der Waals surface area contributed by atoms with Gasteiger partial charge in [0, 0.05) is 23.9 Å². The summed E-state index contributed by atoms with van der Waals surface area (Å²) in [6, 6.07) is 16.9. The molecule has 0 spiro atoms. The number of rotatable bonds is 5. The highest BCUT2D eigenvalue weighted by molar-refractivity contribution is 5.71. The molecule has 5 heteroatoms. The van der Waals surface area contributed by atoms with Crippen molar-refractivity contribution in [3.63, 3.8) is 0 Å². The van der Waals surface area contributed by atoms with Crippen LogP contribution in [0.4, 0.5) is 5.69 Å². The van der Waals surface area contributed by atoms with Gasteiger partial charge in [-0.1, -0.05) is 36.4 Å². The summed E-state index contributed by atoms with van der Waals surface area (Å²) in [7, 11) is 0. The molecule has 0 fully saturated rings. The molecule has 5 N–H and O–H groups in total. The van der Waals surface area contributed by atoms with Gasteiger partial charge in [0.15, 0.2) is 11.5 Å². The van der Waals surface area contributed by atoms with Crippen LogP contribution in [-0.2, 0) is 6.54 Å². The average Bonchev–Trinajstić information content (AvgIpc) is 2.61. The fourth-order valence-electron chi connectivity index (χ4n) is 2.54. The monoisotopic (exact) mass is 349 g/mol. The zero-order valence-electron chi connectivity index (χ0n) is 13.9. The van der Waals surface area contributed by atoms with Crippen molar-refractivity contribution in [3.05, 3.63) is 77.4 Å². The van der Waals surface area contributed by atoms with Gasteiger partial charge in [-0.15, -0.1) is 0 Å². The van der Waals surface area contributed by atoms with Crippen LogP contribution in [0, 0.1) is 0 Å². The molecule has 0 radical (unpaired) electrons. The molecule has 0 atom stereocenters. The van der Waals surface area contributed by atoms with Crippen LogP contribution in [-0.4, -0.2) is 20.4 Å². The molecular weight excluding hydrogens is 330 g/mol. The second-order valence-electron chi connectivity index (χ2n) is 5.88. The molecule has 3 aromatic carbocycles. The summed E-state index contributed by atoms with van der Waals surface area (Å²) < 4.78 is 0. The molecule has 3 rings (SSSR count). The van der Waals surface area contributed by atoms with Crippen molar-refractivity contribution in [2.45, 2.75) is 6.54 Å². The Labute approximate surface area is 151 Å². The molecule has 5 nitrogen and oxygen atoms in total. The molecule has 26 heavy (non-hydrogen) atoms. The van der Waals surface area contributed by atoms with Gasteiger partial charge in [-0.2, -0.15) is 0 Å². The molecule has 0 aromatic heterocycles. The molecular formula is C21H19NO4. The predicted molar refractivity (Wildman–Crippen MR) is 102 cm³/mol. The van der Waals surface area contributed by atoms with Gasteiger partial charge < -0.3 is 25.7 Å². The van der Waals surface area contributed by atoms with Crippen LogP contribution in [0.5, 0.6) is 23.0 Å². The van der Waals surface area contributed by atoms with Crippen LogP contribution >= 0.6 is 0 Å². The van der Waals surface area contributed by atoms with Crippen molar-refractivity contribution in [3.8, 4) is 23.0 Å². The van der Waals surface area contributed by atoms with Gasteiger partial charge in [0.25, 0.3) is 0 Å². The first-order chi connectivity index (χ1) is 12.5. The van der Waals surface area contributed by atoms with Crippen LogP contribution in [0.15, 0.2) is 60.7 Å². The van der Waals surface area contributed by atoms with Crippen LogP contribution in [0.2, 0.25) is 0 Å². The van der Waals surface area contributed by atoms with Crippen LogP contribution in [0.25, 0.3) is 12.2 Å². The summed E-state index contributed by atoms with van der Waals surface area (Å²) in [5, 5.41) is 41.5. The summed E-state index contributed by atoms with van der Waals surface area (Å²) in [6.07, 6.45) is 3.67. The SMILES string of the molecule is Oc1cc(O)cc(/C=C/c2ccc(NCc3cccc(O)c3O)cc2)c1. The minimum Gasteiger partial charge on any atom is -0.508 e. The van der Waals surface area contributed by atoms with Gasteiger partial charge in [-0.05, 0) is 41.5 Å². The highest BCUT2D eigenvalue weighted by atomic mass is 16.3. The van der Waals surface area contributed by atoms with Crippen LogP contribution in [0.3, 0.4) is 0 Å². The van der Waals surface area contributed by atoms with E-state index in [1.54, 1.807) is 30.3 Å². The first-order valence-electron chi connectivity index (χ1n) is 8.06. The predicted octanol–water partition coefficient (Wildman–Crippen LogP) is 4.29. The maximum absolute atomic E-state index is 9.80. The fraction of sp³-hybridized carbons (Fsp3) is 0.0476. The van der Waals surface area contributed by atoms with Crippen molar-refractivity contribution in [2.24, 2.45) is 0 Å². The van der Waals surface area contributed by atoms with Gasteiger partial charge in [-0.25, -0.2) is 0 Å². The van der Waals surface area contributed by atoms with Gasteiger partial charge in [-0.3, -0.25) is 0 Å². The third kappa shape index (κ3) is 4.27. The summed E-state index contributed by atoms with van der Waals surface area (Å²) in [5.74, 6) is -0.226. The molecule has 0 amide bonds. The van der Waals surface area contributed by atoms with Crippen molar-refractivity contribution < 1.29 is 20.4 Å². The van der Waals surface area contributed by atoms with E-state index >= 15 is 0 Å². The number of phenols is 4. The summed E-state index contributed by atoms with van der Waals surface area (Å²) in [6.45, 7) is 0.387. The number of benzene rings is 3. The van der Waals surface area contributed by atoms with E-state index in [0.29, 0.717) is 17.7 Å². The Bertz CT molecular complexity index is 913. The normalized spacial score (nSPS) is 10.9. The van der Waals surface area contributed by atoms with Crippen molar-refractivity contribution in [2.75, 3.05) is 5.32 Å². The van der Waals surface area contributed by atoms with E-state index in [-0.39, 0.29) is 23.0 Å². The lowest BCUT2D eigenvalue weighted by Crippen LogP contribution is -1.99. The van der Waals surface area contributed by atoms with Crippen LogP contribution in [0.1, 0.15) is 16.7 Å². The fourth-order valence-corrected chi connectivity index (χ4v) is 2.54. The highest BCUT2D eigenvalue weighted by Gasteiger charge is 2.05. The minimum absolute atomic E-state index is 0.0133. The Morgan fingerprint density at radius 1 is 0.731 bits per heavy atom. The average molecular weight is 349 g/mol. The number of aromatic hydroxyl groups is 4. The third-order valence-electron chi connectivity index (χ3n) is 3.89. The van der Waals surface area contributed by atoms with E-state index in [9.17, 15) is 20.4 Å². The number of anilines is 1. The lowest BCUT2D eigenvalue weighted by atomic mass is 10.1. The molecule has 0 heterocycles. The number of hydrogen-bond donors (Lipinski definition) is 5. The van der Waals surface area contributed by atoms with Crippen molar-refractivity contribution >= 4 is 17.8 Å². The number of nitrogens with one attached hydrogen (secondary N) is 1. The number of para-hydroxylation sites is 1. The van der Waals surface area contributed by atoms with E-state index in [1.165, 1.54) is 12.1 Å². The lowest BCUT2D eigenvalue weighted by molar-refractivity contribution is 0.400. The maximum atomic E-state index is 9.80. The number of hydrogen-bond acceptors (Lipinski definition) is 5. The Balaban J connectivity index is 1.64. The van der Waals surface area contributed by atoms with Gasteiger partial charge >= 0.3 is 0 Å². The Kier molecular flexibility index (Phi) is 4.99. The smallest absolute Gasteiger partial charge is 0.162 e. The van der Waals surface area contributed by atoms with E-state index < -0.39 is 0 Å². The van der Waals surface area contributed by atoms with Crippen LogP contribution < -0.4 is 5.32 Å². The molecule has 0 aliphatic heterocycles. The second kappa shape index (κ2) is 7.53. The zero-order chi connectivity index (χ0) is 18.5. The largest absolute Gasteiger partial charge is 0.508 e. The van der Waals surface area contributed by atoms with Gasteiger partial charge in [0.1, 0.15) is 11.5 Å². The van der Waals surface area contributed by atoms with Gasteiger partial charge in [0.2, 0.25) is 0 Å². The minimum atomic E-state index is -0.136. The standard InChI is InChI=1S/C21H19NO4/c23-18-10-15(11-19(24)12-18)5-4-14-6-8-17(9-7-14)22-13-16-2-1-3-20(25)21(16)26/h1-12,22-26H,13H2/b5-4+. The van der Waals surface area contributed by atoms with Gasteiger partial charge in [0.05, 0.1) is 0 Å². The quantitative estimate of drug-likeness (QED) is 0.350. The molecule has 0 bridgehead atoms. The van der Waals surface area contributed by atoms with E-state index in [4.69, 9.17) is 0 Å². The lowest BCUT2D eigenvalue weighted by Gasteiger charge is -2.09. The van der Waals surface area contributed by atoms with Crippen molar-refractivity contribution in [1.82, 2.24) is 0 Å². The zero-order valence-corrected chi connectivity index (χ0v) is 13.9. The molecule has 0 saturated heterocycles. The van der Waals surface area contributed by atoms with E-state index in [1.807, 2.05) is 30.3 Å². The van der Waals surface area contributed by atoms with Crippen molar-refractivity contribution in [1.29, 1.82) is 0 Å². The molecule has 0 aliphatic carbocycles. The topological polar surface area (TPSA) is 93.0 Å². The first-order valence-corrected chi connectivity index (χ1v) is 8.06. The molecule has 0 aliphatic rings. The number of phenolic OH excluding ortho intramolecular Hbond substituents is 4. The summed E-state index contributed by atoms with van der Waals surface area (Å²) in [4.78, 5) is 0. The highest BCUT2D eigenvalue weighted by Crippen LogP contribution is 2.28. The molecule has 3 aromatic rings. The molecule has 0 unspecified atom stereocenters. The summed E-state index contributed by atoms with van der Waals surface area (Å²) in [5.41, 5.74) is 3.14. The Morgan fingerprint density at radius 2 is 1.38 bits per heavy atom. The summed E-state index contributed by atoms with van der Waals surface area (Å²) >= 11 is 0. The van der Waals surface area contributed by atoms with E-state index in [2.05, 4.69) is 5.32 Å². The maximum Gasteiger partial charge on any atom is 0.162 e. The molecule has 0 saturated carbocycles. The second-order valence-corrected chi connectivity index (χ2v) is 5.88. The Hall–Kier alpha value is -3.60. The third-order valence-corrected chi connectivity index (χ3v) is 3.89. The van der Waals surface area contributed by atoms with E-state index in [0.717, 1.165) is 11.3 Å².